The van der Waals surface area contributed by atoms with E-state index >= 15 is 0 Å². The maximum atomic E-state index is 14.5. The highest BCUT2D eigenvalue weighted by Crippen LogP contribution is 2.37. The van der Waals surface area contributed by atoms with Crippen LogP contribution in [0.15, 0.2) is 30.3 Å². The average Bonchev–Trinajstić information content (AvgIpc) is 3.02. The topological polar surface area (TPSA) is 64.2 Å². The van der Waals surface area contributed by atoms with Gasteiger partial charge in [-0.3, -0.25) is 4.79 Å². The van der Waals surface area contributed by atoms with Gasteiger partial charge in [-0.1, -0.05) is 11.6 Å². The zero-order valence-electron chi connectivity index (χ0n) is 15.7. The van der Waals surface area contributed by atoms with Crippen molar-refractivity contribution in [1.29, 1.82) is 0 Å². The first kappa shape index (κ1) is 21.0. The lowest BCUT2D eigenvalue weighted by molar-refractivity contribution is 0.102. The number of anilines is 1. The van der Waals surface area contributed by atoms with Crippen molar-refractivity contribution in [3.8, 4) is 0 Å². The highest BCUT2D eigenvalue weighted by atomic mass is 35.5. The second-order valence-electron chi connectivity index (χ2n) is 7.66. The molecule has 0 saturated carbocycles. The number of amides is 1. The molecule has 2 aromatic carbocycles. The van der Waals surface area contributed by atoms with Crippen molar-refractivity contribution in [2.45, 2.75) is 44.4 Å². The third-order valence-corrected chi connectivity index (χ3v) is 6.46. The molecular formula is C20H21ClF2N2O2S. The van der Waals surface area contributed by atoms with Crippen molar-refractivity contribution in [2.75, 3.05) is 5.32 Å². The van der Waals surface area contributed by atoms with Crippen LogP contribution in [0.1, 0.15) is 54.7 Å². The molecule has 0 saturated heterocycles. The third kappa shape index (κ3) is 4.33. The summed E-state index contributed by atoms with van der Waals surface area (Å²) in [7, 11) is 0. The number of hydrogen-bond donors (Lipinski definition) is 2. The minimum absolute atomic E-state index is 0.101. The first-order valence-corrected chi connectivity index (χ1v) is 10.4. The van der Waals surface area contributed by atoms with Gasteiger partial charge in [0.25, 0.3) is 5.91 Å². The fourth-order valence-electron chi connectivity index (χ4n) is 3.12. The van der Waals surface area contributed by atoms with Crippen LogP contribution < -0.4 is 10.0 Å². The average molecular weight is 427 g/mol. The van der Waals surface area contributed by atoms with Gasteiger partial charge in [0.15, 0.2) is 0 Å². The van der Waals surface area contributed by atoms with Crippen LogP contribution >= 0.6 is 11.6 Å². The molecule has 0 heterocycles. The lowest BCUT2D eigenvalue weighted by Crippen LogP contribution is -2.41. The summed E-state index contributed by atoms with van der Waals surface area (Å²) < 4.78 is 42.7. The van der Waals surface area contributed by atoms with Crippen molar-refractivity contribution >= 4 is 34.6 Å². The summed E-state index contributed by atoms with van der Waals surface area (Å²) in [5, 5.41) is 2.56. The van der Waals surface area contributed by atoms with Crippen LogP contribution in [-0.2, 0) is 17.8 Å². The Morgan fingerprint density at radius 3 is 2.54 bits per heavy atom. The molecule has 0 aromatic heterocycles. The Morgan fingerprint density at radius 2 is 1.89 bits per heavy atom. The summed E-state index contributed by atoms with van der Waals surface area (Å²) in [5.74, 6) is -1.45. The molecule has 2 atom stereocenters. The molecule has 1 aliphatic rings. The smallest absolute Gasteiger partial charge is 0.255 e. The SMILES string of the molecule is CC(C)(C)[S@+]([O-])N[C@H]1CCc2c(C(=O)Nc3ccc(F)c(Cl)c3)ccc(F)c21. The molecule has 150 valence electrons. The predicted octanol–water partition coefficient (Wildman–Crippen LogP) is 4.91. The van der Waals surface area contributed by atoms with Gasteiger partial charge in [-0.05, 0) is 69.5 Å². The second-order valence-corrected chi connectivity index (χ2v) is 10.1. The normalized spacial score (nSPS) is 17.3. The number of rotatable bonds is 4. The molecule has 0 aliphatic heterocycles. The number of halogens is 3. The highest BCUT2D eigenvalue weighted by Gasteiger charge is 2.36. The zero-order valence-corrected chi connectivity index (χ0v) is 17.3. The Bertz CT molecular complexity index is 918. The number of fused-ring (bicyclic) bond motifs is 1. The molecule has 28 heavy (non-hydrogen) atoms. The Hall–Kier alpha value is -1.67. The number of nitrogens with one attached hydrogen (secondary N) is 2. The summed E-state index contributed by atoms with van der Waals surface area (Å²) in [4.78, 5) is 12.7. The standard InChI is InChI=1S/C20H21ClF2N2O2S/c1-20(2,3)28(27)25-17-9-6-12-13(5-8-16(23)18(12)17)19(26)24-11-4-7-15(22)14(21)10-11/h4-5,7-8,10,17,25H,6,9H2,1-3H3,(H,24,26)/t17-,28-/m0/s1. The van der Waals surface area contributed by atoms with Gasteiger partial charge < -0.3 is 9.87 Å². The summed E-state index contributed by atoms with van der Waals surface area (Å²) in [5.41, 5.74) is 1.65. The molecule has 1 aliphatic carbocycles. The lowest BCUT2D eigenvalue weighted by atomic mass is 10.0. The van der Waals surface area contributed by atoms with Crippen LogP contribution in [0.4, 0.5) is 14.5 Å². The molecule has 0 fully saturated rings. The Kier molecular flexibility index (Phi) is 6.00. The van der Waals surface area contributed by atoms with E-state index in [0.29, 0.717) is 35.2 Å². The van der Waals surface area contributed by atoms with Gasteiger partial charge in [-0.2, -0.15) is 0 Å². The van der Waals surface area contributed by atoms with Gasteiger partial charge in [-0.25, -0.2) is 8.78 Å². The molecule has 0 unspecified atom stereocenters. The van der Waals surface area contributed by atoms with Gasteiger partial charge in [0.2, 0.25) is 0 Å². The first-order chi connectivity index (χ1) is 13.1. The molecule has 0 bridgehead atoms. The van der Waals surface area contributed by atoms with Crippen LogP contribution in [0.2, 0.25) is 5.02 Å². The second kappa shape index (κ2) is 7.99. The summed E-state index contributed by atoms with van der Waals surface area (Å²) >= 11 is 4.39. The molecule has 2 N–H and O–H groups in total. The van der Waals surface area contributed by atoms with Crippen molar-refractivity contribution < 1.29 is 18.1 Å². The van der Waals surface area contributed by atoms with Crippen LogP contribution in [0.5, 0.6) is 0 Å². The number of benzene rings is 2. The van der Waals surface area contributed by atoms with E-state index in [9.17, 15) is 18.1 Å². The molecule has 3 rings (SSSR count). The fraction of sp³-hybridized carbons (Fsp3) is 0.350. The monoisotopic (exact) mass is 426 g/mol. The number of carbonyl (C=O) groups is 1. The third-order valence-electron chi connectivity index (χ3n) is 4.56. The van der Waals surface area contributed by atoms with Gasteiger partial charge in [0.1, 0.15) is 16.4 Å². The minimum atomic E-state index is -1.36. The molecular weight excluding hydrogens is 406 g/mol. The van der Waals surface area contributed by atoms with E-state index < -0.39 is 39.7 Å². The van der Waals surface area contributed by atoms with E-state index in [1.165, 1.54) is 24.3 Å². The first-order valence-electron chi connectivity index (χ1n) is 8.83. The zero-order chi connectivity index (χ0) is 20.6. The Labute approximate surface area is 171 Å². The number of carbonyl (C=O) groups excluding carboxylic acids is 1. The summed E-state index contributed by atoms with van der Waals surface area (Å²) in [6, 6.07) is 6.12. The van der Waals surface area contributed by atoms with Gasteiger partial charge in [-0.15, -0.1) is 4.72 Å². The van der Waals surface area contributed by atoms with E-state index in [1.807, 2.05) is 20.8 Å². The number of hydrogen-bond acceptors (Lipinski definition) is 3. The van der Waals surface area contributed by atoms with Crippen molar-refractivity contribution in [1.82, 2.24) is 4.72 Å². The van der Waals surface area contributed by atoms with E-state index in [-0.39, 0.29) is 5.02 Å². The van der Waals surface area contributed by atoms with Crippen molar-refractivity contribution in [3.05, 3.63) is 63.7 Å². The molecule has 8 heteroatoms. The van der Waals surface area contributed by atoms with Crippen molar-refractivity contribution in [3.63, 3.8) is 0 Å². The van der Waals surface area contributed by atoms with Crippen molar-refractivity contribution in [2.24, 2.45) is 0 Å². The summed E-state index contributed by atoms with van der Waals surface area (Å²) in [6.07, 6.45) is 1.03. The minimum Gasteiger partial charge on any atom is -0.598 e. The van der Waals surface area contributed by atoms with E-state index in [2.05, 4.69) is 10.0 Å². The van der Waals surface area contributed by atoms with Crippen LogP contribution in [0.3, 0.4) is 0 Å². The van der Waals surface area contributed by atoms with E-state index in [4.69, 9.17) is 11.6 Å². The van der Waals surface area contributed by atoms with Crippen LogP contribution in [0.25, 0.3) is 0 Å². The lowest BCUT2D eigenvalue weighted by Gasteiger charge is -2.26. The maximum Gasteiger partial charge on any atom is 0.255 e. The Morgan fingerprint density at radius 1 is 1.21 bits per heavy atom. The quantitative estimate of drug-likeness (QED) is 0.683. The molecule has 0 spiro atoms. The van der Waals surface area contributed by atoms with E-state index in [1.54, 1.807) is 0 Å². The fourth-order valence-corrected chi connectivity index (χ4v) is 4.15. The molecule has 0 radical (unpaired) electrons. The van der Waals surface area contributed by atoms with Gasteiger partial charge >= 0.3 is 0 Å². The maximum absolute atomic E-state index is 14.5. The van der Waals surface area contributed by atoms with E-state index in [0.717, 1.165) is 6.07 Å². The van der Waals surface area contributed by atoms with Gasteiger partial charge in [0, 0.05) is 28.2 Å². The van der Waals surface area contributed by atoms with Gasteiger partial charge in [0.05, 0.1) is 11.1 Å². The predicted molar refractivity (Wildman–Crippen MR) is 108 cm³/mol. The largest absolute Gasteiger partial charge is 0.598 e. The molecule has 1 amide bonds. The highest BCUT2D eigenvalue weighted by molar-refractivity contribution is 7.90. The van der Waals surface area contributed by atoms with Crippen LogP contribution in [0, 0.1) is 11.6 Å². The summed E-state index contributed by atoms with van der Waals surface area (Å²) in [6.45, 7) is 5.50. The molecule has 2 aromatic rings. The van der Waals surface area contributed by atoms with Crippen LogP contribution in [-0.4, -0.2) is 15.2 Å². The Balaban J connectivity index is 1.86. The molecule has 4 nitrogen and oxygen atoms in total.